The van der Waals surface area contributed by atoms with Gasteiger partial charge in [0.1, 0.15) is 0 Å². The molecule has 248 valence electrons. The third kappa shape index (κ3) is 5.91. The summed E-state index contributed by atoms with van der Waals surface area (Å²) in [5.74, 6) is -0.531. The summed E-state index contributed by atoms with van der Waals surface area (Å²) in [6.07, 6.45) is 2.59. The molecule has 0 radical (unpaired) electrons. The monoisotopic (exact) mass is 649 g/mol. The highest BCUT2D eigenvalue weighted by Gasteiger charge is 2.36. The van der Waals surface area contributed by atoms with Crippen LogP contribution in [0.1, 0.15) is 53.6 Å². The van der Waals surface area contributed by atoms with E-state index in [0.717, 1.165) is 33.5 Å². The highest BCUT2D eigenvalue weighted by atomic mass is 16.7. The fourth-order valence-electron chi connectivity index (χ4n) is 6.98. The maximum Gasteiger partial charge on any atom is 0.326 e. The summed E-state index contributed by atoms with van der Waals surface area (Å²) in [6, 6.07) is 24.5. The number of fused-ring (bicyclic) bond motifs is 1. The predicted octanol–water partition coefficient (Wildman–Crippen LogP) is 4.41. The number of likely N-dealkylation sites (tertiary alicyclic amines) is 1. The number of hydrogen-bond donors (Lipinski definition) is 2. The molecule has 2 aliphatic heterocycles. The molecule has 2 aliphatic rings. The van der Waals surface area contributed by atoms with Crippen LogP contribution in [0.25, 0.3) is 16.7 Å². The highest BCUT2D eigenvalue weighted by molar-refractivity contribution is 5.92. The molecule has 2 N–H and O–H groups in total. The van der Waals surface area contributed by atoms with E-state index in [-0.39, 0.29) is 42.2 Å². The van der Waals surface area contributed by atoms with Gasteiger partial charge in [0, 0.05) is 49.8 Å². The minimum atomic E-state index is -0.775. The van der Waals surface area contributed by atoms with Crippen molar-refractivity contribution in [2.75, 3.05) is 13.1 Å². The van der Waals surface area contributed by atoms with Crippen molar-refractivity contribution in [3.63, 3.8) is 0 Å². The lowest BCUT2D eigenvalue weighted by Gasteiger charge is -2.35. The lowest BCUT2D eigenvalue weighted by Crippen LogP contribution is -2.42. The van der Waals surface area contributed by atoms with E-state index in [1.165, 1.54) is 0 Å². The number of rotatable bonds is 8. The van der Waals surface area contributed by atoms with E-state index in [9.17, 15) is 19.5 Å². The van der Waals surface area contributed by atoms with Crippen molar-refractivity contribution in [2.24, 2.45) is 7.05 Å². The smallest absolute Gasteiger partial charge is 0.326 e. The average Bonchev–Trinajstić information content (AvgIpc) is 3.57. The molecule has 4 heterocycles. The van der Waals surface area contributed by atoms with Crippen molar-refractivity contribution in [1.29, 1.82) is 0 Å². The Labute approximate surface area is 277 Å². The second kappa shape index (κ2) is 13.2. The lowest BCUT2D eigenvalue weighted by atomic mass is 9.92. The SMILES string of the molecule is Cc1c(C2C=C(C(=O)N3CCC(n4c(=O)[nH]c5ccccc54)CC3)OC(OCc3ccc(CO)cc3)C2)c(=O)n(-c2ccccc2)n1C. The van der Waals surface area contributed by atoms with Gasteiger partial charge in [0.05, 0.1) is 29.9 Å². The third-order valence-corrected chi connectivity index (χ3v) is 9.62. The van der Waals surface area contributed by atoms with Crippen LogP contribution in [0.5, 0.6) is 0 Å². The van der Waals surface area contributed by atoms with Crippen LogP contribution in [0.4, 0.5) is 0 Å². The number of nitrogens with zero attached hydrogens (tertiary/aromatic N) is 4. The van der Waals surface area contributed by atoms with Gasteiger partial charge in [0.25, 0.3) is 11.5 Å². The Kier molecular flexibility index (Phi) is 8.63. The first-order valence-electron chi connectivity index (χ1n) is 16.3. The number of amides is 1. The predicted molar refractivity (Wildman–Crippen MR) is 181 cm³/mol. The Morgan fingerprint density at radius 3 is 2.38 bits per heavy atom. The maximum atomic E-state index is 14.0. The average molecular weight is 650 g/mol. The quantitative estimate of drug-likeness (QED) is 0.257. The number of carbonyl (C=O) groups is 1. The van der Waals surface area contributed by atoms with Gasteiger partial charge in [-0.2, -0.15) is 0 Å². The van der Waals surface area contributed by atoms with E-state index in [1.807, 2.05) is 97.5 Å². The molecule has 3 aromatic carbocycles. The number of aromatic amines is 1. The van der Waals surface area contributed by atoms with Gasteiger partial charge in [-0.05, 0) is 61.2 Å². The first kappa shape index (κ1) is 31.5. The zero-order valence-electron chi connectivity index (χ0n) is 27.0. The van der Waals surface area contributed by atoms with Crippen LogP contribution < -0.4 is 11.2 Å². The molecule has 1 amide bonds. The number of ether oxygens (including phenoxy) is 2. The van der Waals surface area contributed by atoms with Crippen molar-refractivity contribution in [2.45, 2.75) is 57.6 Å². The minimum Gasteiger partial charge on any atom is -0.459 e. The van der Waals surface area contributed by atoms with Gasteiger partial charge < -0.3 is 24.5 Å². The summed E-state index contributed by atoms with van der Waals surface area (Å²) >= 11 is 0. The van der Waals surface area contributed by atoms with Gasteiger partial charge in [-0.25, -0.2) is 9.48 Å². The standard InChI is InChI=1S/C37H39N5O6/c1-24-34(36(45)42(39(24)2)29-8-4-3-5-9-29)27-20-32(48-33(21-27)47-23-26-14-12-25(22-43)13-15-26)35(44)40-18-16-28(17-19-40)41-31-11-7-6-10-30(31)38-37(41)46/h3-15,20,27-28,33,43H,16-19,21-23H2,1-2H3,(H,38,46). The number of carbonyl (C=O) groups excluding carboxylic acids is 1. The van der Waals surface area contributed by atoms with Gasteiger partial charge in [-0.3, -0.25) is 18.8 Å². The normalized spacial score (nSPS) is 18.6. The Morgan fingerprint density at radius 2 is 1.65 bits per heavy atom. The number of aliphatic hydroxyl groups excluding tert-OH is 1. The third-order valence-electron chi connectivity index (χ3n) is 9.62. The van der Waals surface area contributed by atoms with E-state index in [2.05, 4.69) is 4.98 Å². The minimum absolute atomic E-state index is 0.0385. The van der Waals surface area contributed by atoms with E-state index in [4.69, 9.17) is 9.47 Å². The second-order valence-corrected chi connectivity index (χ2v) is 12.5. The molecule has 0 spiro atoms. The summed E-state index contributed by atoms with van der Waals surface area (Å²) in [5, 5.41) is 9.40. The second-order valence-electron chi connectivity index (χ2n) is 12.5. The first-order chi connectivity index (χ1) is 23.3. The van der Waals surface area contributed by atoms with Gasteiger partial charge >= 0.3 is 5.69 Å². The molecule has 1 fully saturated rings. The summed E-state index contributed by atoms with van der Waals surface area (Å²) in [4.78, 5) is 45.5. The number of nitrogens with one attached hydrogen (secondary N) is 1. The van der Waals surface area contributed by atoms with E-state index in [0.29, 0.717) is 37.9 Å². The molecular weight excluding hydrogens is 610 g/mol. The first-order valence-corrected chi connectivity index (χ1v) is 16.3. The fraction of sp³-hybridized carbons (Fsp3) is 0.324. The number of para-hydroxylation sites is 3. The molecule has 2 aromatic heterocycles. The maximum absolute atomic E-state index is 14.0. The highest BCUT2D eigenvalue weighted by Crippen LogP contribution is 2.34. The number of allylic oxidation sites excluding steroid dienone is 1. The Morgan fingerprint density at radius 1 is 0.958 bits per heavy atom. The Bertz CT molecular complexity index is 2080. The van der Waals surface area contributed by atoms with Crippen LogP contribution in [0.2, 0.25) is 0 Å². The number of hydrogen-bond acceptors (Lipinski definition) is 6. The van der Waals surface area contributed by atoms with Crippen molar-refractivity contribution in [3.05, 3.63) is 134 Å². The van der Waals surface area contributed by atoms with Crippen molar-refractivity contribution >= 4 is 16.9 Å². The molecule has 2 unspecified atom stereocenters. The topological polar surface area (TPSA) is 124 Å². The number of piperidine rings is 1. The molecule has 5 aromatic rings. The van der Waals surface area contributed by atoms with Gasteiger partial charge in [-0.1, -0.05) is 54.6 Å². The van der Waals surface area contributed by atoms with Crippen LogP contribution in [0, 0.1) is 6.92 Å². The van der Waals surface area contributed by atoms with Crippen LogP contribution in [-0.2, 0) is 34.5 Å². The summed E-state index contributed by atoms with van der Waals surface area (Å²) in [6.45, 7) is 3.01. The van der Waals surface area contributed by atoms with Crippen LogP contribution in [-0.4, -0.2) is 54.2 Å². The van der Waals surface area contributed by atoms with Crippen molar-refractivity contribution < 1.29 is 19.4 Å². The molecule has 48 heavy (non-hydrogen) atoms. The number of aliphatic hydroxyl groups is 1. The van der Waals surface area contributed by atoms with Crippen LogP contribution >= 0.6 is 0 Å². The molecular formula is C37H39N5O6. The van der Waals surface area contributed by atoms with E-state index in [1.54, 1.807) is 20.2 Å². The molecule has 1 saturated heterocycles. The van der Waals surface area contributed by atoms with Crippen LogP contribution in [0.3, 0.4) is 0 Å². The number of aromatic nitrogens is 4. The van der Waals surface area contributed by atoms with E-state index >= 15 is 0 Å². The fourth-order valence-corrected chi connectivity index (χ4v) is 6.98. The van der Waals surface area contributed by atoms with Crippen LogP contribution in [0.15, 0.2) is 100 Å². The van der Waals surface area contributed by atoms with Crippen molar-refractivity contribution in [1.82, 2.24) is 23.8 Å². The Balaban J connectivity index is 1.15. The molecule has 7 rings (SSSR count). The summed E-state index contributed by atoms with van der Waals surface area (Å²) < 4.78 is 17.7. The van der Waals surface area contributed by atoms with Gasteiger partial charge in [0.2, 0.25) is 6.29 Å². The van der Waals surface area contributed by atoms with Gasteiger partial charge in [0.15, 0.2) is 5.76 Å². The molecule has 0 saturated carbocycles. The lowest BCUT2D eigenvalue weighted by molar-refractivity contribution is -0.156. The van der Waals surface area contributed by atoms with E-state index < -0.39 is 12.2 Å². The molecule has 0 bridgehead atoms. The zero-order chi connectivity index (χ0) is 33.4. The zero-order valence-corrected chi connectivity index (χ0v) is 27.0. The number of H-pyrrole nitrogens is 1. The largest absolute Gasteiger partial charge is 0.459 e. The molecule has 2 atom stereocenters. The molecule has 0 aliphatic carbocycles. The summed E-state index contributed by atoms with van der Waals surface area (Å²) in [7, 11) is 1.86. The number of imidazole rings is 1. The summed E-state index contributed by atoms with van der Waals surface area (Å²) in [5.41, 5.74) is 5.19. The van der Waals surface area contributed by atoms with Gasteiger partial charge in [-0.15, -0.1) is 0 Å². The van der Waals surface area contributed by atoms with Crippen molar-refractivity contribution in [3.8, 4) is 5.69 Å². The Hall–Kier alpha value is -5.13. The molecule has 11 nitrogen and oxygen atoms in total. The molecule has 11 heteroatoms. The number of benzene rings is 3.